The first kappa shape index (κ1) is 19.6. The first-order chi connectivity index (χ1) is 14.2. The molecule has 150 valence electrons. The zero-order chi connectivity index (χ0) is 20.1. The van der Waals surface area contributed by atoms with E-state index in [1.165, 1.54) is 5.56 Å². The van der Waals surface area contributed by atoms with Crippen LogP contribution in [0, 0.1) is 5.92 Å². The molecule has 0 spiro atoms. The molecule has 1 saturated heterocycles. The minimum atomic E-state index is 0.0213. The lowest BCUT2D eigenvalue weighted by molar-refractivity contribution is -0.126. The van der Waals surface area contributed by atoms with Gasteiger partial charge in [0.2, 0.25) is 17.6 Å². The summed E-state index contributed by atoms with van der Waals surface area (Å²) >= 11 is 6.16. The van der Waals surface area contributed by atoms with E-state index in [-0.39, 0.29) is 18.4 Å². The van der Waals surface area contributed by atoms with E-state index >= 15 is 0 Å². The Morgan fingerprint density at radius 2 is 1.83 bits per heavy atom. The van der Waals surface area contributed by atoms with Gasteiger partial charge in [-0.05, 0) is 43.6 Å². The van der Waals surface area contributed by atoms with Crippen molar-refractivity contribution in [3.63, 3.8) is 0 Å². The van der Waals surface area contributed by atoms with Crippen molar-refractivity contribution in [2.75, 3.05) is 13.1 Å². The number of benzene rings is 2. The molecule has 0 atom stereocenters. The number of halogens is 1. The predicted molar refractivity (Wildman–Crippen MR) is 111 cm³/mol. The Labute approximate surface area is 174 Å². The summed E-state index contributed by atoms with van der Waals surface area (Å²) in [6.45, 7) is 3.00. The molecule has 0 radical (unpaired) electrons. The van der Waals surface area contributed by atoms with Crippen molar-refractivity contribution >= 4 is 17.5 Å². The van der Waals surface area contributed by atoms with Crippen molar-refractivity contribution < 1.29 is 9.32 Å². The first-order valence-electron chi connectivity index (χ1n) is 9.80. The molecular weight excluding hydrogens is 388 g/mol. The second-order valence-electron chi connectivity index (χ2n) is 7.25. The number of hydrogen-bond donors (Lipinski definition) is 1. The number of nitrogens with zero attached hydrogens (tertiary/aromatic N) is 3. The number of nitrogens with one attached hydrogen (secondary N) is 1. The van der Waals surface area contributed by atoms with Crippen molar-refractivity contribution in [3.05, 3.63) is 71.1 Å². The Kier molecular flexibility index (Phi) is 6.22. The van der Waals surface area contributed by atoms with Crippen molar-refractivity contribution in [1.29, 1.82) is 0 Å². The van der Waals surface area contributed by atoms with E-state index in [1.807, 2.05) is 24.3 Å². The smallest absolute Gasteiger partial charge is 0.246 e. The largest absolute Gasteiger partial charge is 0.347 e. The van der Waals surface area contributed by atoms with Gasteiger partial charge in [0.1, 0.15) is 0 Å². The maximum atomic E-state index is 12.5. The van der Waals surface area contributed by atoms with E-state index < -0.39 is 0 Å². The summed E-state index contributed by atoms with van der Waals surface area (Å²) in [7, 11) is 0. The SMILES string of the molecule is O=C(NCc1nc(-c2ccccc2Cl)no1)C1CCN(Cc2ccccc2)CC1. The highest BCUT2D eigenvalue weighted by molar-refractivity contribution is 6.33. The third-order valence-electron chi connectivity index (χ3n) is 5.20. The van der Waals surface area contributed by atoms with Gasteiger partial charge in [-0.25, -0.2) is 0 Å². The molecule has 0 aliphatic carbocycles. The minimum absolute atomic E-state index is 0.0213. The number of rotatable bonds is 6. The lowest BCUT2D eigenvalue weighted by Gasteiger charge is -2.31. The van der Waals surface area contributed by atoms with Crippen molar-refractivity contribution in [2.45, 2.75) is 25.9 Å². The fourth-order valence-corrected chi connectivity index (χ4v) is 3.80. The Morgan fingerprint density at radius 1 is 1.10 bits per heavy atom. The van der Waals surface area contributed by atoms with E-state index in [4.69, 9.17) is 16.1 Å². The minimum Gasteiger partial charge on any atom is -0.347 e. The zero-order valence-corrected chi connectivity index (χ0v) is 16.8. The van der Waals surface area contributed by atoms with Crippen LogP contribution in [0.3, 0.4) is 0 Å². The molecule has 3 aromatic rings. The molecule has 2 heterocycles. The summed E-state index contributed by atoms with van der Waals surface area (Å²) in [5.41, 5.74) is 2.02. The highest BCUT2D eigenvalue weighted by atomic mass is 35.5. The second kappa shape index (κ2) is 9.20. The summed E-state index contributed by atoms with van der Waals surface area (Å²) in [4.78, 5) is 19.3. The summed E-state index contributed by atoms with van der Waals surface area (Å²) in [5, 5.41) is 7.45. The summed E-state index contributed by atoms with van der Waals surface area (Å²) in [6, 6.07) is 17.7. The standard InChI is InChI=1S/C22H23ClN4O2/c23-19-9-5-4-8-18(19)21-25-20(29-26-21)14-24-22(28)17-10-12-27(13-11-17)15-16-6-2-1-3-7-16/h1-9,17H,10-15H2,(H,24,28). The quantitative estimate of drug-likeness (QED) is 0.666. The van der Waals surface area contributed by atoms with Crippen LogP contribution in [0.2, 0.25) is 5.02 Å². The fourth-order valence-electron chi connectivity index (χ4n) is 3.58. The van der Waals surface area contributed by atoms with Gasteiger partial charge in [0.25, 0.3) is 0 Å². The van der Waals surface area contributed by atoms with Crippen LogP contribution in [0.5, 0.6) is 0 Å². The van der Waals surface area contributed by atoms with Gasteiger partial charge in [0.05, 0.1) is 11.6 Å². The van der Waals surface area contributed by atoms with E-state index in [2.05, 4.69) is 44.6 Å². The first-order valence-corrected chi connectivity index (χ1v) is 10.2. The molecule has 1 aliphatic heterocycles. The van der Waals surface area contributed by atoms with Crippen LogP contribution in [0.25, 0.3) is 11.4 Å². The summed E-state index contributed by atoms with van der Waals surface area (Å²) in [5.74, 6) is 0.860. The molecule has 29 heavy (non-hydrogen) atoms. The monoisotopic (exact) mass is 410 g/mol. The zero-order valence-electron chi connectivity index (χ0n) is 16.1. The van der Waals surface area contributed by atoms with Crippen LogP contribution < -0.4 is 5.32 Å². The van der Waals surface area contributed by atoms with Gasteiger partial charge >= 0.3 is 0 Å². The third kappa shape index (κ3) is 5.02. The van der Waals surface area contributed by atoms with Crippen LogP contribution in [-0.4, -0.2) is 34.0 Å². The van der Waals surface area contributed by atoms with Gasteiger partial charge < -0.3 is 9.84 Å². The molecule has 0 unspecified atom stereocenters. The van der Waals surface area contributed by atoms with Gasteiger partial charge in [-0.2, -0.15) is 4.98 Å². The molecule has 2 aromatic carbocycles. The number of carbonyl (C=O) groups excluding carboxylic acids is 1. The Balaban J connectivity index is 1.25. The van der Waals surface area contributed by atoms with Gasteiger partial charge in [-0.15, -0.1) is 0 Å². The number of amides is 1. The molecule has 4 rings (SSSR count). The molecule has 1 aliphatic rings. The van der Waals surface area contributed by atoms with Gasteiger partial charge in [0, 0.05) is 18.0 Å². The number of carbonyl (C=O) groups is 1. The molecule has 0 saturated carbocycles. The molecule has 0 bridgehead atoms. The van der Waals surface area contributed by atoms with Gasteiger partial charge in [-0.1, -0.05) is 59.2 Å². The normalized spacial score (nSPS) is 15.3. The third-order valence-corrected chi connectivity index (χ3v) is 5.53. The number of piperidine rings is 1. The van der Waals surface area contributed by atoms with Crippen LogP contribution >= 0.6 is 11.6 Å². The second-order valence-corrected chi connectivity index (χ2v) is 7.65. The van der Waals surface area contributed by atoms with Crippen LogP contribution in [0.1, 0.15) is 24.3 Å². The average Bonchev–Trinajstić information content (AvgIpc) is 3.22. The topological polar surface area (TPSA) is 71.3 Å². The van der Waals surface area contributed by atoms with E-state index in [1.54, 1.807) is 6.07 Å². The molecule has 1 N–H and O–H groups in total. The molecule has 1 aromatic heterocycles. The lowest BCUT2D eigenvalue weighted by Crippen LogP contribution is -2.40. The number of aromatic nitrogens is 2. The molecular formula is C22H23ClN4O2. The van der Waals surface area contributed by atoms with Gasteiger partial charge in [0.15, 0.2) is 0 Å². The Hall–Kier alpha value is -2.70. The van der Waals surface area contributed by atoms with E-state index in [9.17, 15) is 4.79 Å². The van der Waals surface area contributed by atoms with Crippen LogP contribution in [-0.2, 0) is 17.9 Å². The van der Waals surface area contributed by atoms with Crippen molar-refractivity contribution in [3.8, 4) is 11.4 Å². The predicted octanol–water partition coefficient (Wildman–Crippen LogP) is 3.92. The Morgan fingerprint density at radius 3 is 2.59 bits per heavy atom. The van der Waals surface area contributed by atoms with Crippen molar-refractivity contribution in [2.24, 2.45) is 5.92 Å². The molecule has 7 heteroatoms. The molecule has 6 nitrogen and oxygen atoms in total. The van der Waals surface area contributed by atoms with Gasteiger partial charge in [-0.3, -0.25) is 9.69 Å². The lowest BCUT2D eigenvalue weighted by atomic mass is 9.95. The highest BCUT2D eigenvalue weighted by Gasteiger charge is 2.25. The maximum Gasteiger partial charge on any atom is 0.246 e. The van der Waals surface area contributed by atoms with Crippen molar-refractivity contribution in [1.82, 2.24) is 20.4 Å². The van der Waals surface area contributed by atoms with Crippen LogP contribution in [0.15, 0.2) is 59.1 Å². The van der Waals surface area contributed by atoms with E-state index in [0.717, 1.165) is 32.5 Å². The number of likely N-dealkylation sites (tertiary alicyclic amines) is 1. The number of hydrogen-bond acceptors (Lipinski definition) is 5. The summed E-state index contributed by atoms with van der Waals surface area (Å²) in [6.07, 6.45) is 1.71. The summed E-state index contributed by atoms with van der Waals surface area (Å²) < 4.78 is 5.25. The highest BCUT2D eigenvalue weighted by Crippen LogP contribution is 2.25. The van der Waals surface area contributed by atoms with Crippen LogP contribution in [0.4, 0.5) is 0 Å². The molecule has 1 amide bonds. The Bertz CT molecular complexity index is 952. The maximum absolute atomic E-state index is 12.5. The average molecular weight is 411 g/mol. The van der Waals surface area contributed by atoms with E-state index in [0.29, 0.717) is 22.3 Å². The molecule has 1 fully saturated rings. The fraction of sp³-hybridized carbons (Fsp3) is 0.318.